The van der Waals surface area contributed by atoms with E-state index in [2.05, 4.69) is 5.32 Å². The Balaban J connectivity index is 1.66. The minimum absolute atomic E-state index is 0.0565. The summed E-state index contributed by atoms with van der Waals surface area (Å²) >= 11 is 0. The molecule has 1 N–H and O–H groups in total. The van der Waals surface area contributed by atoms with Crippen LogP contribution in [0.2, 0.25) is 0 Å². The zero-order valence-corrected chi connectivity index (χ0v) is 24.6. The summed E-state index contributed by atoms with van der Waals surface area (Å²) < 4.78 is 26.9. The average Bonchev–Trinajstić information content (AvgIpc) is 3.46. The van der Waals surface area contributed by atoms with E-state index in [9.17, 15) is 22.8 Å². The minimum atomic E-state index is -3.59. The SMILES string of the molecule is CC[C@@H](C)C(=O)N[C@H](C(=O)N1CC[C@@H]2[C@H]1[C@@H](C(=O)Cc1cccc3ccccc13)CN2S(C)(=O)=O)C(C)(C)C. The highest BCUT2D eigenvalue weighted by molar-refractivity contribution is 7.88. The van der Waals surface area contributed by atoms with Crippen LogP contribution in [0.5, 0.6) is 0 Å². The predicted molar refractivity (Wildman–Crippen MR) is 152 cm³/mol. The van der Waals surface area contributed by atoms with E-state index in [1.165, 1.54) is 4.31 Å². The van der Waals surface area contributed by atoms with Crippen LogP contribution in [0.4, 0.5) is 0 Å². The maximum Gasteiger partial charge on any atom is 0.246 e. The van der Waals surface area contributed by atoms with E-state index in [0.29, 0.717) is 19.4 Å². The number of likely N-dealkylation sites (tertiary alicyclic amines) is 1. The standard InChI is InChI=1S/C30H41N3O5S/c1-7-19(2)28(35)31-27(30(3,4)5)29(36)32-16-15-24-26(32)23(18-33(24)39(6,37)38)25(34)17-21-13-10-12-20-11-8-9-14-22(20)21/h8-14,19,23-24,26-27H,7,15-18H2,1-6H3,(H,31,35)/t19-,23-,24-,26-,27-/m1/s1. The molecule has 212 valence electrons. The van der Waals surface area contributed by atoms with Crippen molar-refractivity contribution in [1.29, 1.82) is 0 Å². The first-order valence-corrected chi connectivity index (χ1v) is 15.7. The van der Waals surface area contributed by atoms with Gasteiger partial charge in [-0.1, -0.05) is 77.1 Å². The molecule has 2 fully saturated rings. The molecule has 2 saturated heterocycles. The molecule has 0 bridgehead atoms. The summed E-state index contributed by atoms with van der Waals surface area (Å²) in [6, 6.07) is 11.9. The summed E-state index contributed by atoms with van der Waals surface area (Å²) in [5, 5.41) is 4.99. The zero-order chi connectivity index (χ0) is 28.7. The fraction of sp³-hybridized carbons (Fsp3) is 0.567. The molecular formula is C30H41N3O5S. The first-order valence-electron chi connectivity index (χ1n) is 13.8. The van der Waals surface area contributed by atoms with Gasteiger partial charge in [0.2, 0.25) is 21.8 Å². The second-order valence-corrected chi connectivity index (χ2v) is 14.2. The van der Waals surface area contributed by atoms with Gasteiger partial charge < -0.3 is 10.2 Å². The number of benzene rings is 2. The summed E-state index contributed by atoms with van der Waals surface area (Å²) in [6.45, 7) is 9.86. The molecule has 2 heterocycles. The number of fused-ring (bicyclic) bond motifs is 2. The summed E-state index contributed by atoms with van der Waals surface area (Å²) in [7, 11) is -3.59. The van der Waals surface area contributed by atoms with E-state index in [-0.39, 0.29) is 36.5 Å². The van der Waals surface area contributed by atoms with Crippen LogP contribution in [0.3, 0.4) is 0 Å². The molecule has 39 heavy (non-hydrogen) atoms. The van der Waals surface area contributed by atoms with Crippen molar-refractivity contribution >= 4 is 38.4 Å². The van der Waals surface area contributed by atoms with E-state index in [0.717, 1.165) is 22.6 Å². The number of nitrogens with zero attached hydrogens (tertiary/aromatic N) is 2. The van der Waals surface area contributed by atoms with Crippen LogP contribution in [0.15, 0.2) is 42.5 Å². The van der Waals surface area contributed by atoms with Gasteiger partial charge in [0.25, 0.3) is 0 Å². The van der Waals surface area contributed by atoms with Gasteiger partial charge >= 0.3 is 0 Å². The Morgan fingerprint density at radius 1 is 1.08 bits per heavy atom. The van der Waals surface area contributed by atoms with E-state index in [4.69, 9.17) is 0 Å². The van der Waals surface area contributed by atoms with Crippen molar-refractivity contribution in [1.82, 2.24) is 14.5 Å². The molecule has 0 spiro atoms. The molecule has 4 rings (SSSR count). The number of hydrogen-bond acceptors (Lipinski definition) is 5. The van der Waals surface area contributed by atoms with Crippen molar-refractivity contribution in [3.05, 3.63) is 48.0 Å². The molecule has 2 aromatic carbocycles. The van der Waals surface area contributed by atoms with Crippen LogP contribution in [-0.2, 0) is 30.8 Å². The fourth-order valence-electron chi connectivity index (χ4n) is 6.02. The van der Waals surface area contributed by atoms with E-state index < -0.39 is 39.5 Å². The lowest BCUT2D eigenvalue weighted by molar-refractivity contribution is -0.142. The number of amides is 2. The maximum absolute atomic E-state index is 14.1. The minimum Gasteiger partial charge on any atom is -0.344 e. The molecule has 2 aliphatic rings. The van der Waals surface area contributed by atoms with Crippen LogP contribution >= 0.6 is 0 Å². The molecule has 0 aromatic heterocycles. The molecule has 2 aromatic rings. The summed E-state index contributed by atoms with van der Waals surface area (Å²) in [6.07, 6.45) is 2.43. The van der Waals surface area contributed by atoms with Crippen LogP contribution < -0.4 is 5.32 Å². The van der Waals surface area contributed by atoms with Crippen molar-refractivity contribution in [2.24, 2.45) is 17.3 Å². The van der Waals surface area contributed by atoms with Crippen molar-refractivity contribution in [3.63, 3.8) is 0 Å². The van der Waals surface area contributed by atoms with Gasteiger partial charge in [-0.2, -0.15) is 4.31 Å². The van der Waals surface area contributed by atoms with Gasteiger partial charge in [-0.3, -0.25) is 14.4 Å². The molecule has 0 radical (unpaired) electrons. The molecule has 8 nitrogen and oxygen atoms in total. The van der Waals surface area contributed by atoms with Gasteiger partial charge in [0, 0.05) is 31.5 Å². The first-order chi connectivity index (χ1) is 18.2. The summed E-state index contributed by atoms with van der Waals surface area (Å²) in [4.78, 5) is 42.5. The number of ketones is 1. The van der Waals surface area contributed by atoms with E-state index >= 15 is 0 Å². The van der Waals surface area contributed by atoms with Crippen molar-refractivity contribution in [2.75, 3.05) is 19.3 Å². The average molecular weight is 556 g/mol. The zero-order valence-electron chi connectivity index (χ0n) is 23.8. The molecular weight excluding hydrogens is 514 g/mol. The Morgan fingerprint density at radius 2 is 1.74 bits per heavy atom. The number of Topliss-reactive ketones (excluding diaryl/α,β-unsaturated/α-hetero) is 1. The first kappa shape index (κ1) is 29.2. The second-order valence-electron chi connectivity index (χ2n) is 12.2. The highest BCUT2D eigenvalue weighted by atomic mass is 32.2. The lowest BCUT2D eigenvalue weighted by atomic mass is 9.84. The number of rotatable bonds is 8. The van der Waals surface area contributed by atoms with Gasteiger partial charge in [-0.05, 0) is 34.6 Å². The third kappa shape index (κ3) is 5.89. The quantitative estimate of drug-likeness (QED) is 0.538. The Hall–Kier alpha value is -2.78. The molecule has 0 unspecified atom stereocenters. The largest absolute Gasteiger partial charge is 0.344 e. The molecule has 0 aliphatic carbocycles. The third-order valence-corrected chi connectivity index (χ3v) is 9.68. The molecule has 0 saturated carbocycles. The highest BCUT2D eigenvalue weighted by Gasteiger charge is 2.56. The van der Waals surface area contributed by atoms with Crippen LogP contribution in [0.1, 0.15) is 53.0 Å². The molecule has 2 amide bonds. The lowest BCUT2D eigenvalue weighted by Crippen LogP contribution is -2.58. The molecule has 5 atom stereocenters. The smallest absolute Gasteiger partial charge is 0.246 e. The monoisotopic (exact) mass is 555 g/mol. The van der Waals surface area contributed by atoms with Gasteiger partial charge in [-0.25, -0.2) is 8.42 Å². The molecule has 2 aliphatic heterocycles. The van der Waals surface area contributed by atoms with Crippen LogP contribution in [0, 0.1) is 17.3 Å². The van der Waals surface area contributed by atoms with Crippen molar-refractivity contribution < 1.29 is 22.8 Å². The van der Waals surface area contributed by atoms with Gasteiger partial charge in [0.15, 0.2) is 0 Å². The molecule has 9 heteroatoms. The summed E-state index contributed by atoms with van der Waals surface area (Å²) in [5.41, 5.74) is 0.312. The van der Waals surface area contributed by atoms with Crippen molar-refractivity contribution in [3.8, 4) is 0 Å². The van der Waals surface area contributed by atoms with E-state index in [1.807, 2.05) is 77.1 Å². The van der Waals surface area contributed by atoms with Gasteiger partial charge in [0.05, 0.1) is 18.2 Å². The number of carbonyl (C=O) groups is 3. The normalized spacial score (nSPS) is 23.4. The maximum atomic E-state index is 14.1. The Morgan fingerprint density at radius 3 is 2.38 bits per heavy atom. The predicted octanol–water partition coefficient (Wildman–Crippen LogP) is 3.39. The third-order valence-electron chi connectivity index (χ3n) is 8.41. The number of sulfonamides is 1. The van der Waals surface area contributed by atoms with Crippen LogP contribution in [-0.4, -0.2) is 72.7 Å². The van der Waals surface area contributed by atoms with Gasteiger partial charge in [0.1, 0.15) is 11.8 Å². The Bertz CT molecular complexity index is 1360. The highest BCUT2D eigenvalue weighted by Crippen LogP contribution is 2.39. The number of carbonyl (C=O) groups excluding carboxylic acids is 3. The number of nitrogens with one attached hydrogen (secondary N) is 1. The Labute approximate surface area is 232 Å². The van der Waals surface area contributed by atoms with Crippen LogP contribution in [0.25, 0.3) is 10.8 Å². The summed E-state index contributed by atoms with van der Waals surface area (Å²) in [5.74, 6) is -1.42. The number of hydrogen-bond donors (Lipinski definition) is 1. The van der Waals surface area contributed by atoms with Crippen molar-refractivity contribution in [2.45, 2.75) is 72.0 Å². The Kier molecular flexibility index (Phi) is 8.24. The second kappa shape index (κ2) is 11.0. The fourth-order valence-corrected chi connectivity index (χ4v) is 7.17. The lowest BCUT2D eigenvalue weighted by Gasteiger charge is -2.37. The van der Waals surface area contributed by atoms with Gasteiger partial charge in [-0.15, -0.1) is 0 Å². The topological polar surface area (TPSA) is 104 Å². The van der Waals surface area contributed by atoms with E-state index in [1.54, 1.807) is 4.90 Å².